The number of carbonyl (C=O) groups excluding carboxylic acids is 1. The van der Waals surface area contributed by atoms with Gasteiger partial charge in [-0.25, -0.2) is 5.43 Å². The molecule has 0 aliphatic rings. The molecule has 3 heteroatoms. The maximum Gasteiger partial charge on any atom is 0.272 e. The molecule has 1 N–H and O–H groups in total. The third kappa shape index (κ3) is 3.29. The van der Waals surface area contributed by atoms with Gasteiger partial charge in [0.1, 0.15) is 0 Å². The van der Waals surface area contributed by atoms with Crippen LogP contribution in [-0.4, -0.2) is 11.6 Å². The van der Waals surface area contributed by atoms with Crippen molar-refractivity contribution in [1.29, 1.82) is 0 Å². The Morgan fingerprint density at radius 3 is 2.52 bits per heavy atom. The number of nitrogens with one attached hydrogen (secondary N) is 1. The Bertz CT molecular complexity index is 892. The van der Waals surface area contributed by atoms with E-state index >= 15 is 0 Å². The zero-order chi connectivity index (χ0) is 16.2. The molecule has 1 amide bonds. The summed E-state index contributed by atoms with van der Waals surface area (Å²) in [7, 11) is 0. The van der Waals surface area contributed by atoms with E-state index in [-0.39, 0.29) is 5.91 Å². The van der Waals surface area contributed by atoms with Gasteiger partial charge in [0.15, 0.2) is 0 Å². The summed E-state index contributed by atoms with van der Waals surface area (Å²) in [5.41, 5.74) is 6.23. The van der Waals surface area contributed by atoms with Gasteiger partial charge in [-0.3, -0.25) is 4.79 Å². The molecule has 0 aliphatic heterocycles. The first kappa shape index (κ1) is 15.0. The van der Waals surface area contributed by atoms with Crippen LogP contribution < -0.4 is 5.43 Å². The molecule has 0 heterocycles. The second-order valence-corrected chi connectivity index (χ2v) is 5.53. The Hall–Kier alpha value is -2.94. The minimum absolute atomic E-state index is 0.200. The largest absolute Gasteiger partial charge is 0.272 e. The molecule has 0 fully saturated rings. The zero-order valence-electron chi connectivity index (χ0n) is 13.2. The first-order valence-corrected chi connectivity index (χ1v) is 7.54. The Morgan fingerprint density at radius 2 is 1.70 bits per heavy atom. The number of amides is 1. The summed E-state index contributed by atoms with van der Waals surface area (Å²) in [6.07, 6.45) is 0. The van der Waals surface area contributed by atoms with Crippen LogP contribution in [-0.2, 0) is 0 Å². The predicted octanol–water partition coefficient (Wildman–Crippen LogP) is 4.30. The lowest BCUT2D eigenvalue weighted by atomic mass is 10.0. The van der Waals surface area contributed by atoms with E-state index in [4.69, 9.17) is 0 Å². The molecule has 114 valence electrons. The van der Waals surface area contributed by atoms with E-state index in [1.165, 1.54) is 0 Å². The van der Waals surface area contributed by atoms with Crippen LogP contribution in [0.3, 0.4) is 0 Å². The quantitative estimate of drug-likeness (QED) is 0.568. The Morgan fingerprint density at radius 1 is 0.957 bits per heavy atom. The van der Waals surface area contributed by atoms with E-state index in [0.717, 1.165) is 27.6 Å². The molecule has 0 spiro atoms. The topological polar surface area (TPSA) is 41.5 Å². The Kier molecular flexibility index (Phi) is 4.20. The summed E-state index contributed by atoms with van der Waals surface area (Å²) in [6.45, 7) is 3.92. The van der Waals surface area contributed by atoms with Crippen LogP contribution in [0.2, 0.25) is 0 Å². The zero-order valence-corrected chi connectivity index (χ0v) is 13.2. The summed E-state index contributed by atoms with van der Waals surface area (Å²) < 4.78 is 0. The smallest absolute Gasteiger partial charge is 0.267 e. The average molecular weight is 302 g/mol. The van der Waals surface area contributed by atoms with Gasteiger partial charge in [0.2, 0.25) is 0 Å². The lowest BCUT2D eigenvalue weighted by Gasteiger charge is -2.06. The van der Waals surface area contributed by atoms with E-state index in [1.54, 1.807) is 0 Å². The maximum absolute atomic E-state index is 12.4. The average Bonchev–Trinajstić information content (AvgIpc) is 2.59. The number of benzene rings is 3. The molecule has 0 radical (unpaired) electrons. The van der Waals surface area contributed by atoms with Crippen molar-refractivity contribution < 1.29 is 4.79 Å². The number of hydrogen-bond donors (Lipinski definition) is 1. The number of carbonyl (C=O) groups is 1. The van der Waals surface area contributed by atoms with Gasteiger partial charge in [0, 0.05) is 5.56 Å². The van der Waals surface area contributed by atoms with Crippen LogP contribution in [0.15, 0.2) is 71.8 Å². The van der Waals surface area contributed by atoms with Gasteiger partial charge in [0.05, 0.1) is 5.71 Å². The third-order valence-corrected chi connectivity index (χ3v) is 3.80. The monoisotopic (exact) mass is 302 g/mol. The summed E-state index contributed by atoms with van der Waals surface area (Å²) in [5, 5.41) is 6.20. The maximum atomic E-state index is 12.4. The van der Waals surface area contributed by atoms with Crippen LogP contribution in [0.4, 0.5) is 0 Å². The number of fused-ring (bicyclic) bond motifs is 1. The van der Waals surface area contributed by atoms with Crippen LogP contribution >= 0.6 is 0 Å². The van der Waals surface area contributed by atoms with E-state index in [0.29, 0.717) is 5.56 Å². The minimum atomic E-state index is -0.200. The fraction of sp³-hybridized carbons (Fsp3) is 0.100. The van der Waals surface area contributed by atoms with Crippen molar-refractivity contribution in [2.45, 2.75) is 13.8 Å². The molecule has 3 nitrogen and oxygen atoms in total. The van der Waals surface area contributed by atoms with Crippen molar-refractivity contribution >= 4 is 22.4 Å². The van der Waals surface area contributed by atoms with Crippen LogP contribution in [0.25, 0.3) is 10.8 Å². The third-order valence-electron chi connectivity index (χ3n) is 3.80. The summed E-state index contributed by atoms with van der Waals surface area (Å²) >= 11 is 0. The first-order valence-electron chi connectivity index (χ1n) is 7.54. The van der Waals surface area contributed by atoms with Crippen molar-refractivity contribution in [1.82, 2.24) is 5.43 Å². The van der Waals surface area contributed by atoms with Crippen LogP contribution in [0, 0.1) is 6.92 Å². The molecule has 3 aromatic carbocycles. The Labute approximate surface area is 135 Å². The first-order chi connectivity index (χ1) is 11.1. The Balaban J connectivity index is 1.85. The fourth-order valence-electron chi connectivity index (χ4n) is 2.55. The highest BCUT2D eigenvalue weighted by molar-refractivity contribution is 6.07. The molecule has 0 saturated heterocycles. The molecule has 23 heavy (non-hydrogen) atoms. The number of rotatable bonds is 3. The van der Waals surface area contributed by atoms with E-state index in [1.807, 2.05) is 80.6 Å². The number of hydrogen-bond acceptors (Lipinski definition) is 2. The van der Waals surface area contributed by atoms with Gasteiger partial charge in [-0.2, -0.15) is 5.10 Å². The molecule has 0 aromatic heterocycles. The van der Waals surface area contributed by atoms with Crippen molar-refractivity contribution in [3.8, 4) is 0 Å². The minimum Gasteiger partial charge on any atom is -0.267 e. The highest BCUT2D eigenvalue weighted by Crippen LogP contribution is 2.18. The standard InChI is InChI=1S/C20H18N2O/c1-14-7-5-10-17(13-14)15(2)21-22-20(23)19-12-6-9-16-8-3-4-11-18(16)19/h3-13H,1-2H3,(H,22,23)/b21-15+. The second kappa shape index (κ2) is 6.44. The number of hydrazone groups is 1. The van der Waals surface area contributed by atoms with Gasteiger partial charge in [-0.15, -0.1) is 0 Å². The lowest BCUT2D eigenvalue weighted by Crippen LogP contribution is -2.19. The summed E-state index contributed by atoms with van der Waals surface area (Å²) in [6, 6.07) is 21.6. The van der Waals surface area contributed by atoms with Crippen LogP contribution in [0.5, 0.6) is 0 Å². The fourth-order valence-corrected chi connectivity index (χ4v) is 2.55. The SMILES string of the molecule is C/C(=N\NC(=O)c1cccc2ccccc12)c1cccc(C)c1. The molecular formula is C20H18N2O. The van der Waals surface area contributed by atoms with Crippen molar-refractivity contribution in [3.63, 3.8) is 0 Å². The normalized spacial score (nSPS) is 11.5. The van der Waals surface area contributed by atoms with Crippen LogP contribution in [0.1, 0.15) is 28.4 Å². The van der Waals surface area contributed by atoms with E-state index in [9.17, 15) is 4.79 Å². The number of aryl methyl sites for hydroxylation is 1. The summed E-state index contributed by atoms with van der Waals surface area (Å²) in [5.74, 6) is -0.200. The van der Waals surface area contributed by atoms with E-state index < -0.39 is 0 Å². The van der Waals surface area contributed by atoms with E-state index in [2.05, 4.69) is 10.5 Å². The molecule has 0 unspecified atom stereocenters. The van der Waals surface area contributed by atoms with Gasteiger partial charge >= 0.3 is 0 Å². The summed E-state index contributed by atoms with van der Waals surface area (Å²) in [4.78, 5) is 12.4. The molecule has 3 aromatic rings. The van der Waals surface area contributed by atoms with Gasteiger partial charge in [-0.1, -0.05) is 66.2 Å². The van der Waals surface area contributed by atoms with Gasteiger partial charge < -0.3 is 0 Å². The lowest BCUT2D eigenvalue weighted by molar-refractivity contribution is 0.0956. The highest BCUT2D eigenvalue weighted by atomic mass is 16.2. The van der Waals surface area contributed by atoms with Crippen molar-refractivity contribution in [2.24, 2.45) is 5.10 Å². The number of nitrogens with zero attached hydrogens (tertiary/aromatic N) is 1. The molecule has 0 atom stereocenters. The molecule has 3 rings (SSSR count). The predicted molar refractivity (Wildman–Crippen MR) is 94.8 cm³/mol. The molecule has 0 saturated carbocycles. The van der Waals surface area contributed by atoms with Crippen molar-refractivity contribution in [3.05, 3.63) is 83.4 Å². The molecule has 0 bridgehead atoms. The molecule has 0 aliphatic carbocycles. The highest BCUT2D eigenvalue weighted by Gasteiger charge is 2.09. The van der Waals surface area contributed by atoms with Gasteiger partial charge in [-0.05, 0) is 36.2 Å². The molecular weight excluding hydrogens is 284 g/mol. The van der Waals surface area contributed by atoms with Gasteiger partial charge in [0.25, 0.3) is 5.91 Å². The van der Waals surface area contributed by atoms with Crippen molar-refractivity contribution in [2.75, 3.05) is 0 Å². The second-order valence-electron chi connectivity index (χ2n) is 5.53.